The molecule has 0 bridgehead atoms. The molecule has 1 saturated heterocycles. The molecule has 0 radical (unpaired) electrons. The molecule has 2 atom stereocenters. The zero-order valence-electron chi connectivity index (χ0n) is 26.2. The Kier molecular flexibility index (Phi) is 11.6. The van der Waals surface area contributed by atoms with Crippen LogP contribution >= 0.6 is 11.6 Å². The fraction of sp³-hybridized carbons (Fsp3) is 0.400. The first-order valence-electron chi connectivity index (χ1n) is 15.4. The maximum atomic E-state index is 13.9. The standard InChI is InChI=1S/C35H43ClN4O5/c1-4-23-9-5-10-25(19-23)31-29(12-6-13-30(31)36)35(44,16-8-17-39-34(43)45-3)26-11-7-18-40(22-26)33(42)27-15-14-24(21-38-2)20-28(27)32(37)41/h5-6,9-10,12-15,19-20,26,38,44H,4,7-8,11,16-18,21-22H2,1-3H3,(H2,37,41)(H,39,43). The summed E-state index contributed by atoms with van der Waals surface area (Å²) >= 11 is 6.87. The number of nitrogens with two attached hydrogens (primary N) is 1. The average molecular weight is 635 g/mol. The molecule has 3 aromatic rings. The molecule has 0 spiro atoms. The summed E-state index contributed by atoms with van der Waals surface area (Å²) in [6.45, 7) is 3.65. The summed E-state index contributed by atoms with van der Waals surface area (Å²) in [4.78, 5) is 39.7. The van der Waals surface area contributed by atoms with Crippen LogP contribution in [-0.2, 0) is 23.3 Å². The van der Waals surface area contributed by atoms with E-state index in [1.807, 2.05) is 36.4 Å². The van der Waals surface area contributed by atoms with E-state index in [2.05, 4.69) is 29.7 Å². The summed E-state index contributed by atoms with van der Waals surface area (Å²) in [5.41, 5.74) is 9.03. The monoisotopic (exact) mass is 634 g/mol. The van der Waals surface area contributed by atoms with Crippen molar-refractivity contribution in [1.82, 2.24) is 15.5 Å². The fourth-order valence-corrected chi connectivity index (χ4v) is 6.61. The van der Waals surface area contributed by atoms with Crippen LogP contribution in [0, 0.1) is 5.92 Å². The molecule has 4 rings (SSSR count). The topological polar surface area (TPSA) is 134 Å². The highest BCUT2D eigenvalue weighted by Gasteiger charge is 2.43. The van der Waals surface area contributed by atoms with Crippen molar-refractivity contribution in [1.29, 1.82) is 0 Å². The second-order valence-corrected chi connectivity index (χ2v) is 11.9. The van der Waals surface area contributed by atoms with E-state index in [-0.39, 0.29) is 29.5 Å². The number of carbonyl (C=O) groups excluding carboxylic acids is 3. The number of rotatable bonds is 12. The van der Waals surface area contributed by atoms with Crippen LogP contribution in [0.2, 0.25) is 5.02 Å². The first-order valence-corrected chi connectivity index (χ1v) is 15.8. The van der Waals surface area contributed by atoms with Gasteiger partial charge < -0.3 is 31.1 Å². The number of alkyl carbamates (subject to hydrolysis) is 1. The SMILES string of the molecule is CCc1cccc(-c2c(Cl)cccc2C(O)(CCCNC(=O)OC)C2CCCN(C(=O)c3ccc(CNC)cc3C(N)=O)C2)c1. The van der Waals surface area contributed by atoms with Crippen molar-refractivity contribution < 1.29 is 24.2 Å². The van der Waals surface area contributed by atoms with E-state index in [0.717, 1.165) is 28.7 Å². The Morgan fingerprint density at radius 2 is 1.87 bits per heavy atom. The predicted molar refractivity (Wildman–Crippen MR) is 176 cm³/mol. The molecule has 3 aromatic carbocycles. The van der Waals surface area contributed by atoms with Crippen LogP contribution in [0.3, 0.4) is 0 Å². The van der Waals surface area contributed by atoms with E-state index < -0.39 is 17.6 Å². The number of aryl methyl sites for hydroxylation is 1. The number of aliphatic hydroxyl groups is 1. The highest BCUT2D eigenvalue weighted by molar-refractivity contribution is 6.33. The molecule has 2 unspecified atom stereocenters. The van der Waals surface area contributed by atoms with Crippen molar-refractivity contribution in [3.63, 3.8) is 0 Å². The number of nitrogens with one attached hydrogen (secondary N) is 2. The predicted octanol–water partition coefficient (Wildman–Crippen LogP) is 5.26. The molecular weight excluding hydrogens is 592 g/mol. The van der Waals surface area contributed by atoms with Gasteiger partial charge in [0, 0.05) is 42.7 Å². The molecule has 1 aliphatic heterocycles. The molecule has 10 heteroatoms. The van der Waals surface area contributed by atoms with Crippen molar-refractivity contribution >= 4 is 29.5 Å². The van der Waals surface area contributed by atoms with Gasteiger partial charge in [0.1, 0.15) is 0 Å². The summed E-state index contributed by atoms with van der Waals surface area (Å²) in [6.07, 6.45) is 2.38. The van der Waals surface area contributed by atoms with Gasteiger partial charge in [-0.1, -0.05) is 61.0 Å². The Morgan fingerprint density at radius 3 is 2.58 bits per heavy atom. The highest BCUT2D eigenvalue weighted by atomic mass is 35.5. The lowest BCUT2D eigenvalue weighted by Crippen LogP contribution is -2.49. The largest absolute Gasteiger partial charge is 0.453 e. The zero-order valence-corrected chi connectivity index (χ0v) is 27.0. The van der Waals surface area contributed by atoms with Crippen LogP contribution in [0.25, 0.3) is 11.1 Å². The summed E-state index contributed by atoms with van der Waals surface area (Å²) < 4.78 is 4.72. The number of benzene rings is 3. The van der Waals surface area contributed by atoms with Crippen LogP contribution < -0.4 is 16.4 Å². The second kappa shape index (κ2) is 15.4. The molecule has 240 valence electrons. The van der Waals surface area contributed by atoms with Crippen molar-refractivity contribution in [2.75, 3.05) is 33.8 Å². The molecule has 0 aromatic heterocycles. The number of piperidine rings is 1. The molecule has 45 heavy (non-hydrogen) atoms. The van der Waals surface area contributed by atoms with Crippen LogP contribution in [0.1, 0.15) is 70.0 Å². The molecule has 1 aliphatic rings. The number of hydrogen-bond acceptors (Lipinski definition) is 6. The van der Waals surface area contributed by atoms with E-state index in [1.54, 1.807) is 24.1 Å². The third-order valence-corrected chi connectivity index (χ3v) is 8.95. The van der Waals surface area contributed by atoms with Gasteiger partial charge in [0.25, 0.3) is 5.91 Å². The highest BCUT2D eigenvalue weighted by Crippen LogP contribution is 2.46. The Labute approximate surface area is 270 Å². The number of hydrogen-bond donors (Lipinski definition) is 4. The molecule has 3 amide bonds. The van der Waals surface area contributed by atoms with Crippen molar-refractivity contribution in [3.05, 3.63) is 93.5 Å². The van der Waals surface area contributed by atoms with E-state index in [1.165, 1.54) is 7.11 Å². The Balaban J connectivity index is 1.73. The summed E-state index contributed by atoms with van der Waals surface area (Å²) in [7, 11) is 3.11. The van der Waals surface area contributed by atoms with E-state index in [0.29, 0.717) is 55.9 Å². The van der Waals surface area contributed by atoms with Crippen molar-refractivity contribution in [2.24, 2.45) is 11.7 Å². The second-order valence-electron chi connectivity index (χ2n) is 11.5. The minimum atomic E-state index is -1.40. The third kappa shape index (κ3) is 7.84. The summed E-state index contributed by atoms with van der Waals surface area (Å²) in [6, 6.07) is 18.8. The molecule has 9 nitrogen and oxygen atoms in total. The number of carbonyl (C=O) groups is 3. The third-order valence-electron chi connectivity index (χ3n) is 8.64. The zero-order chi connectivity index (χ0) is 32.6. The molecule has 1 fully saturated rings. The van der Waals surface area contributed by atoms with Crippen LogP contribution in [-0.4, -0.2) is 61.7 Å². The molecule has 0 saturated carbocycles. The minimum Gasteiger partial charge on any atom is -0.453 e. The van der Waals surface area contributed by atoms with Gasteiger partial charge in [-0.2, -0.15) is 0 Å². The van der Waals surface area contributed by atoms with Gasteiger partial charge in [0.2, 0.25) is 5.91 Å². The number of methoxy groups -OCH3 is 1. The maximum Gasteiger partial charge on any atom is 0.406 e. The van der Waals surface area contributed by atoms with Gasteiger partial charge in [-0.05, 0) is 79.6 Å². The Bertz CT molecular complexity index is 1530. The molecule has 0 aliphatic carbocycles. The smallest absolute Gasteiger partial charge is 0.406 e. The first kappa shape index (κ1) is 34.0. The molecular formula is C35H43ClN4O5. The van der Waals surface area contributed by atoms with Gasteiger partial charge >= 0.3 is 6.09 Å². The number of halogens is 1. The van der Waals surface area contributed by atoms with Gasteiger partial charge in [0.15, 0.2) is 0 Å². The summed E-state index contributed by atoms with van der Waals surface area (Å²) in [5.74, 6) is -1.33. The molecule has 1 heterocycles. The Morgan fingerprint density at radius 1 is 1.09 bits per heavy atom. The van der Waals surface area contributed by atoms with Gasteiger partial charge in [-0.3, -0.25) is 9.59 Å². The minimum absolute atomic E-state index is 0.173. The van der Waals surface area contributed by atoms with E-state index in [4.69, 9.17) is 22.1 Å². The number of amides is 3. The number of primary amides is 1. The van der Waals surface area contributed by atoms with E-state index in [9.17, 15) is 19.5 Å². The lowest BCUT2D eigenvalue weighted by molar-refractivity contribution is -0.0563. The van der Waals surface area contributed by atoms with Gasteiger partial charge in [0.05, 0.1) is 23.8 Å². The van der Waals surface area contributed by atoms with Gasteiger partial charge in [-0.25, -0.2) is 4.79 Å². The molecule has 5 N–H and O–H groups in total. The quantitative estimate of drug-likeness (QED) is 0.201. The number of ether oxygens (including phenoxy) is 1. The normalized spacial score (nSPS) is 16.1. The van der Waals surface area contributed by atoms with Crippen LogP contribution in [0.4, 0.5) is 4.79 Å². The van der Waals surface area contributed by atoms with E-state index >= 15 is 0 Å². The fourth-order valence-electron chi connectivity index (χ4n) is 6.32. The maximum absolute atomic E-state index is 13.9. The average Bonchev–Trinajstić information content (AvgIpc) is 3.06. The number of likely N-dealkylation sites (tertiary alicyclic amines) is 1. The lowest BCUT2D eigenvalue weighted by Gasteiger charge is -2.44. The number of nitrogens with zero attached hydrogens (tertiary/aromatic N) is 1. The van der Waals surface area contributed by atoms with Crippen molar-refractivity contribution in [3.8, 4) is 11.1 Å². The lowest BCUT2D eigenvalue weighted by atomic mass is 9.72. The van der Waals surface area contributed by atoms with Gasteiger partial charge in [-0.15, -0.1) is 0 Å². The van der Waals surface area contributed by atoms with Crippen LogP contribution in [0.5, 0.6) is 0 Å². The first-order chi connectivity index (χ1) is 21.6. The Hall–Kier alpha value is -3.92. The van der Waals surface area contributed by atoms with Crippen LogP contribution in [0.15, 0.2) is 60.7 Å². The summed E-state index contributed by atoms with van der Waals surface area (Å²) in [5, 5.41) is 19.1. The van der Waals surface area contributed by atoms with Crippen molar-refractivity contribution in [2.45, 2.75) is 51.2 Å².